The second-order valence-electron chi connectivity index (χ2n) is 5.10. The number of phenols is 2. The molecule has 5 nitrogen and oxygen atoms in total. The van der Waals surface area contributed by atoms with E-state index in [1.165, 1.54) is 26.4 Å². The summed E-state index contributed by atoms with van der Waals surface area (Å²) in [5.74, 6) is 0.521. The molecule has 0 heterocycles. The molecule has 5 heteroatoms. The van der Waals surface area contributed by atoms with E-state index in [1.807, 2.05) is 6.92 Å². The van der Waals surface area contributed by atoms with Crippen LogP contribution in [0.4, 0.5) is 0 Å². The van der Waals surface area contributed by atoms with Crippen LogP contribution in [0.1, 0.15) is 30.1 Å². The first-order valence-corrected chi connectivity index (χ1v) is 6.89. The number of methoxy groups -OCH3 is 2. The van der Waals surface area contributed by atoms with E-state index in [2.05, 4.69) is 0 Å². The van der Waals surface area contributed by atoms with Crippen LogP contribution >= 0.6 is 0 Å². The minimum absolute atomic E-state index is 0.0254. The Hall–Kier alpha value is -2.40. The molecule has 0 aliphatic carbocycles. The molecule has 2 aromatic carbocycles. The third kappa shape index (κ3) is 3.09. The molecule has 3 N–H and O–H groups in total. The fraction of sp³-hybridized carbons (Fsp3) is 0.294. The SMILES string of the molecule is COc1cc(C(C)C(O)c2ccc(O)c(OC)c2)ccc1O. The number of ether oxygens (including phenoxy) is 2. The lowest BCUT2D eigenvalue weighted by Gasteiger charge is -2.21. The van der Waals surface area contributed by atoms with Crippen LogP contribution in [0.15, 0.2) is 36.4 Å². The molecule has 0 aromatic heterocycles. The molecule has 0 aliphatic rings. The van der Waals surface area contributed by atoms with Crippen LogP contribution in [0.25, 0.3) is 0 Å². The van der Waals surface area contributed by atoms with Gasteiger partial charge >= 0.3 is 0 Å². The van der Waals surface area contributed by atoms with E-state index in [0.29, 0.717) is 17.1 Å². The van der Waals surface area contributed by atoms with Gasteiger partial charge in [-0.15, -0.1) is 0 Å². The quantitative estimate of drug-likeness (QED) is 0.791. The standard InChI is InChI=1S/C17H20O5/c1-10(11-4-6-13(18)15(8-11)21-2)17(20)12-5-7-14(19)16(9-12)22-3/h4-10,17-20H,1-3H3. The Morgan fingerprint density at radius 3 is 1.77 bits per heavy atom. The number of rotatable bonds is 5. The zero-order valence-corrected chi connectivity index (χ0v) is 12.8. The van der Waals surface area contributed by atoms with Crippen molar-refractivity contribution in [3.63, 3.8) is 0 Å². The van der Waals surface area contributed by atoms with Gasteiger partial charge in [-0.3, -0.25) is 0 Å². The summed E-state index contributed by atoms with van der Waals surface area (Å²) in [6.07, 6.45) is -0.788. The maximum atomic E-state index is 10.5. The van der Waals surface area contributed by atoms with Gasteiger partial charge in [-0.2, -0.15) is 0 Å². The topological polar surface area (TPSA) is 79.2 Å². The average molecular weight is 304 g/mol. The largest absolute Gasteiger partial charge is 0.504 e. The zero-order valence-electron chi connectivity index (χ0n) is 12.8. The van der Waals surface area contributed by atoms with Gasteiger partial charge in [0.1, 0.15) is 0 Å². The predicted molar refractivity (Wildman–Crippen MR) is 82.7 cm³/mol. The van der Waals surface area contributed by atoms with E-state index in [4.69, 9.17) is 9.47 Å². The van der Waals surface area contributed by atoms with Gasteiger partial charge in [-0.1, -0.05) is 19.1 Å². The van der Waals surface area contributed by atoms with Crippen molar-refractivity contribution in [1.82, 2.24) is 0 Å². The molecule has 0 fully saturated rings. The number of hydrogen-bond acceptors (Lipinski definition) is 5. The summed E-state index contributed by atoms with van der Waals surface area (Å²) in [6, 6.07) is 9.71. The lowest BCUT2D eigenvalue weighted by atomic mass is 9.90. The number of aliphatic hydroxyl groups is 1. The molecule has 2 rings (SSSR count). The maximum Gasteiger partial charge on any atom is 0.160 e. The van der Waals surface area contributed by atoms with Gasteiger partial charge in [0.15, 0.2) is 23.0 Å². The van der Waals surface area contributed by atoms with Gasteiger partial charge in [0, 0.05) is 5.92 Å². The number of aromatic hydroxyl groups is 2. The van der Waals surface area contributed by atoms with Crippen LogP contribution < -0.4 is 9.47 Å². The number of phenolic OH excluding ortho intramolecular Hbond substituents is 2. The van der Waals surface area contributed by atoms with Crippen molar-refractivity contribution in [1.29, 1.82) is 0 Å². The van der Waals surface area contributed by atoms with Crippen molar-refractivity contribution in [2.45, 2.75) is 18.9 Å². The molecule has 0 bridgehead atoms. The van der Waals surface area contributed by atoms with E-state index in [0.717, 1.165) is 5.56 Å². The van der Waals surface area contributed by atoms with Crippen LogP contribution in [-0.2, 0) is 0 Å². The highest BCUT2D eigenvalue weighted by Gasteiger charge is 2.20. The monoisotopic (exact) mass is 304 g/mol. The summed E-state index contributed by atoms with van der Waals surface area (Å²) in [6.45, 7) is 1.87. The minimum atomic E-state index is -0.788. The fourth-order valence-electron chi connectivity index (χ4n) is 2.33. The Kier molecular flexibility index (Phi) is 4.78. The zero-order chi connectivity index (χ0) is 16.3. The number of benzene rings is 2. The van der Waals surface area contributed by atoms with Gasteiger partial charge in [0.2, 0.25) is 0 Å². The molecule has 0 radical (unpaired) electrons. The predicted octanol–water partition coefficient (Wildman–Crippen LogP) is 2.95. The normalized spacial score (nSPS) is 13.5. The smallest absolute Gasteiger partial charge is 0.160 e. The second kappa shape index (κ2) is 6.58. The average Bonchev–Trinajstić information content (AvgIpc) is 2.54. The summed E-state index contributed by atoms with van der Waals surface area (Å²) in [7, 11) is 2.93. The van der Waals surface area contributed by atoms with Crippen LogP contribution in [0.2, 0.25) is 0 Å². The molecule has 0 saturated carbocycles. The Morgan fingerprint density at radius 2 is 1.27 bits per heavy atom. The molecule has 22 heavy (non-hydrogen) atoms. The molecule has 2 aromatic rings. The fourth-order valence-corrected chi connectivity index (χ4v) is 2.33. The van der Waals surface area contributed by atoms with Crippen molar-refractivity contribution in [3.05, 3.63) is 47.5 Å². The Morgan fingerprint density at radius 1 is 0.818 bits per heavy atom. The van der Waals surface area contributed by atoms with Crippen LogP contribution in [0.3, 0.4) is 0 Å². The van der Waals surface area contributed by atoms with E-state index in [1.54, 1.807) is 24.3 Å². The summed E-state index contributed by atoms with van der Waals surface area (Å²) in [4.78, 5) is 0. The van der Waals surface area contributed by atoms with E-state index < -0.39 is 6.10 Å². The van der Waals surface area contributed by atoms with Gasteiger partial charge in [0.25, 0.3) is 0 Å². The Bertz CT molecular complexity index is 596. The summed E-state index contributed by atoms with van der Waals surface area (Å²) < 4.78 is 10.1. The summed E-state index contributed by atoms with van der Waals surface area (Å²) in [5, 5.41) is 29.8. The molecule has 0 spiro atoms. The van der Waals surface area contributed by atoms with Crippen molar-refractivity contribution in [2.24, 2.45) is 0 Å². The van der Waals surface area contributed by atoms with Crippen LogP contribution in [0, 0.1) is 0 Å². The van der Waals surface area contributed by atoms with Crippen LogP contribution in [-0.4, -0.2) is 29.5 Å². The van der Waals surface area contributed by atoms with Gasteiger partial charge < -0.3 is 24.8 Å². The molecule has 0 aliphatic heterocycles. The molecule has 0 saturated heterocycles. The minimum Gasteiger partial charge on any atom is -0.504 e. The Balaban J connectivity index is 2.30. The summed E-state index contributed by atoms with van der Waals surface area (Å²) in [5.41, 5.74) is 1.46. The van der Waals surface area contributed by atoms with Crippen molar-refractivity contribution in [3.8, 4) is 23.0 Å². The van der Waals surface area contributed by atoms with Gasteiger partial charge in [-0.25, -0.2) is 0 Å². The highest BCUT2D eigenvalue weighted by molar-refractivity contribution is 5.45. The van der Waals surface area contributed by atoms with E-state index in [9.17, 15) is 15.3 Å². The third-order valence-corrected chi connectivity index (χ3v) is 3.75. The lowest BCUT2D eigenvalue weighted by Crippen LogP contribution is -2.08. The van der Waals surface area contributed by atoms with Gasteiger partial charge in [-0.05, 0) is 35.4 Å². The first kappa shape index (κ1) is 16.0. The van der Waals surface area contributed by atoms with Crippen LogP contribution in [0.5, 0.6) is 23.0 Å². The molecule has 2 atom stereocenters. The molecule has 2 unspecified atom stereocenters. The lowest BCUT2D eigenvalue weighted by molar-refractivity contribution is 0.151. The highest BCUT2D eigenvalue weighted by atomic mass is 16.5. The Labute approximate surface area is 129 Å². The van der Waals surface area contributed by atoms with E-state index >= 15 is 0 Å². The number of aliphatic hydroxyl groups excluding tert-OH is 1. The van der Waals surface area contributed by atoms with Gasteiger partial charge in [0.05, 0.1) is 20.3 Å². The molecule has 0 amide bonds. The second-order valence-corrected chi connectivity index (χ2v) is 5.10. The molecular weight excluding hydrogens is 284 g/mol. The van der Waals surface area contributed by atoms with Crippen molar-refractivity contribution >= 4 is 0 Å². The molecule has 118 valence electrons. The van der Waals surface area contributed by atoms with E-state index in [-0.39, 0.29) is 17.4 Å². The van der Waals surface area contributed by atoms with Crippen molar-refractivity contribution < 1.29 is 24.8 Å². The summed E-state index contributed by atoms with van der Waals surface area (Å²) >= 11 is 0. The first-order chi connectivity index (χ1) is 10.5. The number of hydrogen-bond donors (Lipinski definition) is 3. The maximum absolute atomic E-state index is 10.5. The van der Waals surface area contributed by atoms with Crippen molar-refractivity contribution in [2.75, 3.05) is 14.2 Å². The third-order valence-electron chi connectivity index (χ3n) is 3.75. The first-order valence-electron chi connectivity index (χ1n) is 6.89. The highest BCUT2D eigenvalue weighted by Crippen LogP contribution is 2.37. The molecular formula is C17H20O5.